The molecule has 0 unspecified atom stereocenters. The van der Waals surface area contributed by atoms with Crippen molar-refractivity contribution in [1.82, 2.24) is 10.3 Å². The third-order valence-electron chi connectivity index (χ3n) is 4.48. The minimum absolute atomic E-state index is 0.0317. The van der Waals surface area contributed by atoms with Crippen molar-refractivity contribution in [3.63, 3.8) is 0 Å². The highest BCUT2D eigenvalue weighted by molar-refractivity contribution is 6.00. The van der Waals surface area contributed by atoms with Crippen LogP contribution in [-0.4, -0.2) is 39.7 Å². The SMILES string of the molecule is CC(C)(C)OC(=O)N[C@@H](Cc1ccc(F)cc1)C(=O)Nc1ccc2[nH]c(C(=O)O)cc2c1. The number of rotatable bonds is 6. The van der Waals surface area contributed by atoms with Gasteiger partial charge in [-0.2, -0.15) is 0 Å². The predicted octanol–water partition coefficient (Wildman–Crippen LogP) is 4.08. The fourth-order valence-corrected chi connectivity index (χ4v) is 3.07. The van der Waals surface area contributed by atoms with E-state index in [1.54, 1.807) is 39.0 Å². The summed E-state index contributed by atoms with van der Waals surface area (Å²) in [5.74, 6) is -2.00. The van der Waals surface area contributed by atoms with Crippen LogP contribution in [0.3, 0.4) is 0 Å². The lowest BCUT2D eigenvalue weighted by Gasteiger charge is -2.23. The molecule has 32 heavy (non-hydrogen) atoms. The van der Waals surface area contributed by atoms with Gasteiger partial charge in [0.05, 0.1) is 0 Å². The van der Waals surface area contributed by atoms with E-state index < -0.39 is 35.4 Å². The van der Waals surface area contributed by atoms with Crippen molar-refractivity contribution in [2.45, 2.75) is 38.8 Å². The number of carboxylic acid groups (broad SMARTS) is 1. The molecule has 168 valence electrons. The maximum Gasteiger partial charge on any atom is 0.408 e. The zero-order chi connectivity index (χ0) is 23.5. The van der Waals surface area contributed by atoms with Crippen LogP contribution in [0.4, 0.5) is 14.9 Å². The highest BCUT2D eigenvalue weighted by Crippen LogP contribution is 2.21. The van der Waals surface area contributed by atoms with Crippen molar-refractivity contribution in [1.29, 1.82) is 0 Å². The monoisotopic (exact) mass is 441 g/mol. The molecule has 2 aromatic carbocycles. The lowest BCUT2D eigenvalue weighted by molar-refractivity contribution is -0.118. The summed E-state index contributed by atoms with van der Waals surface area (Å²) in [5.41, 5.74) is 0.963. The number of alkyl carbamates (subject to hydrolysis) is 1. The number of halogens is 1. The van der Waals surface area contributed by atoms with Crippen LogP contribution in [0.5, 0.6) is 0 Å². The largest absolute Gasteiger partial charge is 0.477 e. The van der Waals surface area contributed by atoms with Crippen molar-refractivity contribution in [2.75, 3.05) is 5.32 Å². The Morgan fingerprint density at radius 3 is 2.41 bits per heavy atom. The van der Waals surface area contributed by atoms with Gasteiger partial charge >= 0.3 is 12.1 Å². The van der Waals surface area contributed by atoms with E-state index >= 15 is 0 Å². The second-order valence-corrected chi connectivity index (χ2v) is 8.31. The first-order valence-electron chi connectivity index (χ1n) is 9.91. The standard InChI is InChI=1S/C23H24FN3O5/c1-23(2,3)32-22(31)27-18(10-13-4-6-15(24)7-5-13)20(28)25-16-8-9-17-14(11-16)12-19(26-17)21(29)30/h4-9,11-12,18,26H,10H2,1-3H3,(H,25,28)(H,27,31)(H,29,30)/t18-/m0/s1. The molecule has 8 nitrogen and oxygen atoms in total. The maximum atomic E-state index is 13.2. The van der Waals surface area contributed by atoms with Gasteiger partial charge in [-0.1, -0.05) is 12.1 Å². The summed E-state index contributed by atoms with van der Waals surface area (Å²) in [6, 6.07) is 11.0. The molecule has 0 radical (unpaired) electrons. The Morgan fingerprint density at radius 1 is 1.09 bits per heavy atom. The highest BCUT2D eigenvalue weighted by atomic mass is 19.1. The maximum absolute atomic E-state index is 13.2. The number of H-pyrrole nitrogens is 1. The van der Waals surface area contributed by atoms with Crippen molar-refractivity contribution >= 4 is 34.6 Å². The summed E-state index contributed by atoms with van der Waals surface area (Å²) in [6.45, 7) is 5.12. The summed E-state index contributed by atoms with van der Waals surface area (Å²) >= 11 is 0. The van der Waals surface area contributed by atoms with Gasteiger partial charge in [0.2, 0.25) is 5.91 Å². The second kappa shape index (κ2) is 9.09. The Bertz CT molecular complexity index is 1150. The van der Waals surface area contributed by atoms with Gasteiger partial charge in [0.25, 0.3) is 0 Å². The van der Waals surface area contributed by atoms with E-state index in [9.17, 15) is 18.8 Å². The third kappa shape index (κ3) is 6.07. The number of ether oxygens (including phenoxy) is 1. The second-order valence-electron chi connectivity index (χ2n) is 8.31. The zero-order valence-corrected chi connectivity index (χ0v) is 17.9. The van der Waals surface area contributed by atoms with Crippen LogP contribution in [-0.2, 0) is 16.0 Å². The summed E-state index contributed by atoms with van der Waals surface area (Å²) in [6.07, 6.45) is -0.645. The van der Waals surface area contributed by atoms with E-state index in [1.807, 2.05) is 0 Å². The molecule has 3 aromatic rings. The number of carbonyl (C=O) groups excluding carboxylic acids is 2. The fraction of sp³-hybridized carbons (Fsp3) is 0.261. The molecule has 3 rings (SSSR count). The molecule has 0 spiro atoms. The molecule has 2 amide bonds. The van der Waals surface area contributed by atoms with Crippen LogP contribution in [0.25, 0.3) is 10.9 Å². The highest BCUT2D eigenvalue weighted by Gasteiger charge is 2.25. The van der Waals surface area contributed by atoms with Gasteiger partial charge in [-0.3, -0.25) is 4.79 Å². The number of hydrogen-bond donors (Lipinski definition) is 4. The quantitative estimate of drug-likeness (QED) is 0.459. The molecule has 0 aliphatic rings. The number of fused-ring (bicyclic) bond motifs is 1. The van der Waals surface area contributed by atoms with Gasteiger partial charge in [0.1, 0.15) is 23.2 Å². The summed E-state index contributed by atoms with van der Waals surface area (Å²) in [4.78, 5) is 39.2. The van der Waals surface area contributed by atoms with Crippen LogP contribution >= 0.6 is 0 Å². The molecular formula is C23H24FN3O5. The number of anilines is 1. The smallest absolute Gasteiger partial charge is 0.408 e. The normalized spacial score (nSPS) is 12.2. The van der Waals surface area contributed by atoms with Gasteiger partial charge in [-0.15, -0.1) is 0 Å². The molecule has 0 saturated carbocycles. The lowest BCUT2D eigenvalue weighted by Crippen LogP contribution is -2.47. The molecule has 1 heterocycles. The zero-order valence-electron chi connectivity index (χ0n) is 17.9. The number of hydrogen-bond acceptors (Lipinski definition) is 4. The Hall–Kier alpha value is -3.88. The van der Waals surface area contributed by atoms with E-state index in [-0.39, 0.29) is 12.1 Å². The van der Waals surface area contributed by atoms with E-state index in [0.29, 0.717) is 22.2 Å². The Morgan fingerprint density at radius 2 is 1.78 bits per heavy atom. The van der Waals surface area contributed by atoms with Crippen LogP contribution in [0.2, 0.25) is 0 Å². The molecule has 1 atom stereocenters. The summed E-state index contributed by atoms with van der Waals surface area (Å²) in [7, 11) is 0. The van der Waals surface area contributed by atoms with E-state index in [1.165, 1.54) is 30.3 Å². The van der Waals surface area contributed by atoms with E-state index in [0.717, 1.165) is 0 Å². The predicted molar refractivity (Wildman–Crippen MR) is 117 cm³/mol. The van der Waals surface area contributed by atoms with Crippen molar-refractivity contribution < 1.29 is 28.6 Å². The average molecular weight is 441 g/mol. The van der Waals surface area contributed by atoms with Crippen LogP contribution in [0, 0.1) is 5.82 Å². The molecule has 0 aliphatic carbocycles. The minimum Gasteiger partial charge on any atom is -0.477 e. The van der Waals surface area contributed by atoms with Gasteiger partial charge in [-0.25, -0.2) is 14.0 Å². The number of aromatic amines is 1. The van der Waals surface area contributed by atoms with Crippen molar-refractivity contribution in [3.05, 3.63) is 65.6 Å². The number of aromatic nitrogens is 1. The number of carbonyl (C=O) groups is 3. The first-order valence-corrected chi connectivity index (χ1v) is 9.91. The molecule has 0 aliphatic heterocycles. The number of amides is 2. The first kappa shape index (κ1) is 22.8. The molecular weight excluding hydrogens is 417 g/mol. The van der Waals surface area contributed by atoms with Gasteiger partial charge in [0, 0.05) is 23.0 Å². The number of carboxylic acids is 1. The van der Waals surface area contributed by atoms with Crippen LogP contribution in [0.1, 0.15) is 36.8 Å². The van der Waals surface area contributed by atoms with Gasteiger partial charge in [0.15, 0.2) is 0 Å². The van der Waals surface area contributed by atoms with Crippen LogP contribution < -0.4 is 10.6 Å². The molecule has 4 N–H and O–H groups in total. The number of aromatic carboxylic acids is 1. The molecule has 0 bridgehead atoms. The first-order chi connectivity index (χ1) is 15.0. The summed E-state index contributed by atoms with van der Waals surface area (Å²) < 4.78 is 18.5. The van der Waals surface area contributed by atoms with Crippen molar-refractivity contribution in [3.8, 4) is 0 Å². The topological polar surface area (TPSA) is 121 Å². The van der Waals surface area contributed by atoms with E-state index in [4.69, 9.17) is 9.84 Å². The minimum atomic E-state index is -1.09. The molecule has 0 fully saturated rings. The fourth-order valence-electron chi connectivity index (χ4n) is 3.07. The Kier molecular flexibility index (Phi) is 6.47. The summed E-state index contributed by atoms with van der Waals surface area (Å²) in [5, 5.41) is 15.0. The number of nitrogens with one attached hydrogen (secondary N) is 3. The van der Waals surface area contributed by atoms with Gasteiger partial charge < -0.3 is 25.5 Å². The Balaban J connectivity index is 1.79. The molecule has 0 saturated heterocycles. The van der Waals surface area contributed by atoms with E-state index in [2.05, 4.69) is 15.6 Å². The van der Waals surface area contributed by atoms with Crippen molar-refractivity contribution in [2.24, 2.45) is 0 Å². The number of benzene rings is 2. The van der Waals surface area contributed by atoms with Crippen LogP contribution in [0.15, 0.2) is 48.5 Å². The molecule has 9 heteroatoms. The Labute approximate surface area is 183 Å². The third-order valence-corrected chi connectivity index (χ3v) is 4.48. The lowest BCUT2D eigenvalue weighted by atomic mass is 10.0. The van der Waals surface area contributed by atoms with Gasteiger partial charge in [-0.05, 0) is 62.7 Å². The molecule has 1 aromatic heterocycles. The average Bonchev–Trinajstić information content (AvgIpc) is 3.11.